The number of benzene rings is 1. The second-order valence-electron chi connectivity index (χ2n) is 3.93. The van der Waals surface area contributed by atoms with Crippen molar-refractivity contribution in [1.82, 2.24) is 5.43 Å². The molecule has 0 bridgehead atoms. The highest BCUT2D eigenvalue weighted by molar-refractivity contribution is 8.22. The van der Waals surface area contributed by atoms with Crippen LogP contribution in [0.25, 0.3) is 0 Å². The standard InChI is InChI=1S/C13H12FN3OS2/c1-3-6-17-10-7-8(14)4-5-9(10)11(12(17)18)15-16-13(19)20-2/h3-5,7H,1,6H2,2H3,(H,16,19). The van der Waals surface area contributed by atoms with Crippen molar-refractivity contribution in [3.05, 3.63) is 42.2 Å². The number of hydrogen-bond acceptors (Lipinski definition) is 4. The lowest BCUT2D eigenvalue weighted by atomic mass is 10.1. The molecule has 0 aliphatic carbocycles. The molecule has 1 aromatic carbocycles. The molecule has 0 fully saturated rings. The van der Waals surface area contributed by atoms with Crippen molar-refractivity contribution in [3.8, 4) is 0 Å². The molecule has 0 atom stereocenters. The number of carbonyl (C=O) groups excluding carboxylic acids is 1. The maximum absolute atomic E-state index is 13.4. The van der Waals surface area contributed by atoms with Gasteiger partial charge >= 0.3 is 0 Å². The minimum absolute atomic E-state index is 0.221. The van der Waals surface area contributed by atoms with Gasteiger partial charge in [-0.1, -0.05) is 30.1 Å². The molecule has 1 amide bonds. The van der Waals surface area contributed by atoms with Gasteiger partial charge in [-0.3, -0.25) is 10.2 Å². The topological polar surface area (TPSA) is 44.7 Å². The summed E-state index contributed by atoms with van der Waals surface area (Å²) < 4.78 is 13.8. The predicted octanol–water partition coefficient (Wildman–Crippen LogP) is 2.30. The van der Waals surface area contributed by atoms with Crippen LogP contribution in [0.15, 0.2) is 36.0 Å². The molecular formula is C13H12FN3OS2. The van der Waals surface area contributed by atoms with Crippen molar-refractivity contribution in [2.45, 2.75) is 0 Å². The molecule has 0 saturated heterocycles. The van der Waals surface area contributed by atoms with Gasteiger partial charge in [0.15, 0.2) is 10.0 Å². The first-order valence-corrected chi connectivity index (χ1v) is 7.36. The Labute approximate surface area is 125 Å². The highest BCUT2D eigenvalue weighted by Crippen LogP contribution is 2.29. The Morgan fingerprint density at radius 1 is 1.65 bits per heavy atom. The first kappa shape index (κ1) is 14.7. The second kappa shape index (κ2) is 6.15. The number of thioether (sulfide) groups is 1. The van der Waals surface area contributed by atoms with E-state index in [0.29, 0.717) is 22.1 Å². The number of halogens is 1. The van der Waals surface area contributed by atoms with Crippen molar-refractivity contribution in [3.63, 3.8) is 0 Å². The van der Waals surface area contributed by atoms with Crippen molar-refractivity contribution in [2.75, 3.05) is 17.7 Å². The summed E-state index contributed by atoms with van der Waals surface area (Å²) in [7, 11) is 0. The number of hydrogen-bond donors (Lipinski definition) is 1. The lowest BCUT2D eigenvalue weighted by molar-refractivity contribution is -0.112. The van der Waals surface area contributed by atoms with E-state index >= 15 is 0 Å². The van der Waals surface area contributed by atoms with E-state index in [2.05, 4.69) is 17.1 Å². The van der Waals surface area contributed by atoms with Crippen LogP contribution in [-0.4, -0.2) is 28.7 Å². The highest BCUT2D eigenvalue weighted by Gasteiger charge is 2.33. The zero-order chi connectivity index (χ0) is 14.7. The molecule has 104 valence electrons. The third-order valence-corrected chi connectivity index (χ3v) is 3.76. The van der Waals surface area contributed by atoms with Gasteiger partial charge < -0.3 is 4.90 Å². The maximum Gasteiger partial charge on any atom is 0.279 e. The Morgan fingerprint density at radius 3 is 3.05 bits per heavy atom. The number of hydrazone groups is 1. The first-order chi connectivity index (χ1) is 9.58. The number of anilines is 1. The van der Waals surface area contributed by atoms with Crippen LogP contribution in [0.2, 0.25) is 0 Å². The Kier molecular flexibility index (Phi) is 4.51. The zero-order valence-electron chi connectivity index (χ0n) is 10.7. The second-order valence-corrected chi connectivity index (χ2v) is 5.41. The monoisotopic (exact) mass is 309 g/mol. The van der Waals surface area contributed by atoms with Gasteiger partial charge in [0, 0.05) is 12.1 Å². The molecule has 1 aliphatic rings. The number of nitrogens with zero attached hydrogens (tertiary/aromatic N) is 2. The summed E-state index contributed by atoms with van der Waals surface area (Å²) in [4.78, 5) is 13.7. The van der Waals surface area contributed by atoms with Gasteiger partial charge in [0.2, 0.25) is 0 Å². The fourth-order valence-corrected chi connectivity index (χ4v) is 2.03. The lowest BCUT2D eigenvalue weighted by Gasteiger charge is -2.13. The van der Waals surface area contributed by atoms with E-state index in [0.717, 1.165) is 0 Å². The average Bonchev–Trinajstić information content (AvgIpc) is 2.69. The van der Waals surface area contributed by atoms with Crippen LogP contribution in [-0.2, 0) is 4.79 Å². The molecule has 7 heteroatoms. The minimum atomic E-state index is -0.403. The Balaban J connectivity index is 2.43. The van der Waals surface area contributed by atoms with Crippen molar-refractivity contribution < 1.29 is 9.18 Å². The van der Waals surface area contributed by atoms with E-state index in [-0.39, 0.29) is 11.6 Å². The summed E-state index contributed by atoms with van der Waals surface area (Å²) in [5, 5.41) is 4.04. The van der Waals surface area contributed by atoms with Crippen LogP contribution in [0, 0.1) is 5.82 Å². The van der Waals surface area contributed by atoms with Gasteiger partial charge in [0.1, 0.15) is 5.82 Å². The summed E-state index contributed by atoms with van der Waals surface area (Å²) in [5.74, 6) is -0.707. The van der Waals surface area contributed by atoms with Crippen molar-refractivity contribution >= 4 is 45.6 Å². The van der Waals surface area contributed by atoms with Gasteiger partial charge in [-0.25, -0.2) is 4.39 Å². The lowest BCUT2D eigenvalue weighted by Crippen LogP contribution is -2.31. The predicted molar refractivity (Wildman–Crippen MR) is 84.7 cm³/mol. The third-order valence-electron chi connectivity index (χ3n) is 2.71. The first-order valence-electron chi connectivity index (χ1n) is 5.72. The van der Waals surface area contributed by atoms with Gasteiger partial charge in [0.05, 0.1) is 5.69 Å². The summed E-state index contributed by atoms with van der Waals surface area (Å²) in [6, 6.07) is 4.15. The smallest absolute Gasteiger partial charge is 0.279 e. The molecule has 1 aliphatic heterocycles. The van der Waals surface area contributed by atoms with Crippen LogP contribution in [0.5, 0.6) is 0 Å². The van der Waals surface area contributed by atoms with Crippen LogP contribution in [0.1, 0.15) is 5.56 Å². The van der Waals surface area contributed by atoms with Gasteiger partial charge in [-0.2, -0.15) is 5.10 Å². The van der Waals surface area contributed by atoms with Gasteiger partial charge in [-0.15, -0.1) is 6.58 Å². The van der Waals surface area contributed by atoms with Crippen LogP contribution in [0.4, 0.5) is 10.1 Å². The Morgan fingerprint density at radius 2 is 2.40 bits per heavy atom. The fourth-order valence-electron chi connectivity index (χ4n) is 1.85. The number of amides is 1. The summed E-state index contributed by atoms with van der Waals surface area (Å²) in [6.07, 6.45) is 3.38. The molecule has 0 aromatic heterocycles. The molecule has 4 nitrogen and oxygen atoms in total. The van der Waals surface area contributed by atoms with Gasteiger partial charge in [0.25, 0.3) is 5.91 Å². The number of rotatable bonds is 3. The van der Waals surface area contributed by atoms with Crippen LogP contribution in [0.3, 0.4) is 0 Å². The summed E-state index contributed by atoms with van der Waals surface area (Å²) in [5.41, 5.74) is 3.93. The molecule has 1 heterocycles. The van der Waals surface area contributed by atoms with Crippen LogP contribution >= 0.6 is 24.0 Å². The fraction of sp³-hybridized carbons (Fsp3) is 0.154. The average molecular weight is 309 g/mol. The quantitative estimate of drug-likeness (QED) is 0.529. The number of carbonyl (C=O) groups is 1. The van der Waals surface area contributed by atoms with Crippen LogP contribution < -0.4 is 10.3 Å². The number of fused-ring (bicyclic) bond motifs is 1. The van der Waals surface area contributed by atoms with E-state index in [9.17, 15) is 9.18 Å². The highest BCUT2D eigenvalue weighted by atomic mass is 32.2. The Hall–Kier alpha value is -1.73. The van der Waals surface area contributed by atoms with Crippen molar-refractivity contribution in [2.24, 2.45) is 5.10 Å². The zero-order valence-corrected chi connectivity index (χ0v) is 12.4. The largest absolute Gasteiger partial charge is 0.302 e. The van der Waals surface area contributed by atoms with E-state index in [4.69, 9.17) is 12.2 Å². The van der Waals surface area contributed by atoms with E-state index in [1.165, 1.54) is 34.9 Å². The molecule has 1 N–H and O–H groups in total. The minimum Gasteiger partial charge on any atom is -0.302 e. The maximum atomic E-state index is 13.4. The molecular weight excluding hydrogens is 297 g/mol. The molecule has 1 aromatic rings. The van der Waals surface area contributed by atoms with E-state index < -0.39 is 5.82 Å². The molecule has 0 spiro atoms. The summed E-state index contributed by atoms with van der Waals surface area (Å²) in [6.45, 7) is 3.89. The van der Waals surface area contributed by atoms with E-state index in [1.54, 1.807) is 12.3 Å². The normalized spacial score (nSPS) is 15.4. The molecule has 20 heavy (non-hydrogen) atoms. The SMILES string of the molecule is C=CCN1C(=O)C(=NNC(=S)SC)c2ccc(F)cc21. The van der Waals surface area contributed by atoms with E-state index in [1.807, 2.05) is 0 Å². The molecule has 0 unspecified atom stereocenters. The van der Waals surface area contributed by atoms with Gasteiger partial charge in [-0.05, 0) is 24.5 Å². The summed E-state index contributed by atoms with van der Waals surface area (Å²) >= 11 is 6.29. The number of nitrogens with one attached hydrogen (secondary N) is 1. The Bertz CT molecular complexity index is 616. The number of thiocarbonyl (C=S) groups is 1. The molecule has 2 rings (SSSR count). The third kappa shape index (κ3) is 2.73. The molecule has 0 saturated carbocycles. The van der Waals surface area contributed by atoms with Crippen molar-refractivity contribution in [1.29, 1.82) is 0 Å². The molecule has 0 radical (unpaired) electrons.